The van der Waals surface area contributed by atoms with Gasteiger partial charge >= 0.3 is 0 Å². The second kappa shape index (κ2) is 7.06. The second-order valence-electron chi connectivity index (χ2n) is 4.20. The Hall–Kier alpha value is -2.11. The molecular formula is C15H13ClFNO3. The fraction of sp³-hybridized carbons (Fsp3) is 0.133. The predicted molar refractivity (Wildman–Crippen MR) is 77.9 cm³/mol. The molecule has 0 bridgehead atoms. The van der Waals surface area contributed by atoms with Gasteiger partial charge in [0.15, 0.2) is 6.61 Å². The third-order valence-corrected chi connectivity index (χ3v) is 3.01. The van der Waals surface area contributed by atoms with Crippen molar-refractivity contribution in [3.63, 3.8) is 0 Å². The smallest absolute Gasteiger partial charge is 0.262 e. The van der Waals surface area contributed by atoms with E-state index in [1.165, 1.54) is 18.2 Å². The molecule has 0 aliphatic carbocycles. The molecule has 0 atom stereocenters. The van der Waals surface area contributed by atoms with Gasteiger partial charge in [-0.05, 0) is 18.2 Å². The maximum atomic E-state index is 13.4. The first-order valence-corrected chi connectivity index (χ1v) is 6.55. The molecular weight excluding hydrogens is 297 g/mol. The van der Waals surface area contributed by atoms with Gasteiger partial charge in [-0.2, -0.15) is 0 Å². The fourth-order valence-corrected chi connectivity index (χ4v) is 1.97. The van der Waals surface area contributed by atoms with Gasteiger partial charge < -0.3 is 15.2 Å². The van der Waals surface area contributed by atoms with Crippen LogP contribution in [0, 0.1) is 5.82 Å². The Morgan fingerprint density at radius 1 is 1.24 bits per heavy atom. The Kier molecular flexibility index (Phi) is 5.14. The maximum absolute atomic E-state index is 13.4. The van der Waals surface area contributed by atoms with E-state index in [1.54, 1.807) is 24.3 Å². The monoisotopic (exact) mass is 309 g/mol. The topological polar surface area (TPSA) is 58.6 Å². The van der Waals surface area contributed by atoms with Crippen molar-refractivity contribution in [3.05, 3.63) is 58.9 Å². The number of hydrogen-bond donors (Lipinski definition) is 2. The summed E-state index contributed by atoms with van der Waals surface area (Å²) in [5, 5.41) is 11.9. The van der Waals surface area contributed by atoms with Crippen molar-refractivity contribution >= 4 is 23.2 Å². The normalized spacial score (nSPS) is 10.2. The summed E-state index contributed by atoms with van der Waals surface area (Å²) in [5.74, 6) is -0.811. The molecule has 0 fully saturated rings. The van der Waals surface area contributed by atoms with Crippen molar-refractivity contribution in [1.29, 1.82) is 0 Å². The number of carbonyl (C=O) groups excluding carboxylic acids is 1. The standard InChI is InChI=1S/C15H13ClFNO3/c16-11-5-3-4-10(8-19)15(11)21-9-14(20)18-13-7-2-1-6-12(13)17/h1-7,19H,8-9H2,(H,18,20). The number of anilines is 1. The van der Waals surface area contributed by atoms with Gasteiger partial charge in [0, 0.05) is 5.56 Å². The summed E-state index contributed by atoms with van der Waals surface area (Å²) in [4.78, 5) is 11.7. The zero-order chi connectivity index (χ0) is 15.2. The quantitative estimate of drug-likeness (QED) is 0.892. The zero-order valence-corrected chi connectivity index (χ0v) is 11.7. The molecule has 0 unspecified atom stereocenters. The molecule has 0 saturated heterocycles. The number of amides is 1. The van der Waals surface area contributed by atoms with E-state index in [2.05, 4.69) is 5.32 Å². The summed E-state index contributed by atoms with van der Waals surface area (Å²) in [6.07, 6.45) is 0. The third-order valence-electron chi connectivity index (χ3n) is 2.71. The number of para-hydroxylation sites is 2. The summed E-state index contributed by atoms with van der Waals surface area (Å²) in [7, 11) is 0. The lowest BCUT2D eigenvalue weighted by Gasteiger charge is -2.12. The molecule has 1 amide bonds. The Labute approximate surface area is 126 Å². The summed E-state index contributed by atoms with van der Waals surface area (Å²) >= 11 is 5.95. The van der Waals surface area contributed by atoms with Crippen LogP contribution in [0.3, 0.4) is 0 Å². The summed E-state index contributed by atoms with van der Waals surface area (Å²) < 4.78 is 18.7. The van der Waals surface area contributed by atoms with E-state index in [-0.39, 0.29) is 24.7 Å². The van der Waals surface area contributed by atoms with E-state index in [0.717, 1.165) is 0 Å². The number of rotatable bonds is 5. The SMILES string of the molecule is O=C(COc1c(Cl)cccc1CO)Nc1ccccc1F. The van der Waals surface area contributed by atoms with Crippen molar-refractivity contribution in [1.82, 2.24) is 0 Å². The van der Waals surface area contributed by atoms with Gasteiger partial charge in [-0.3, -0.25) is 4.79 Å². The Morgan fingerprint density at radius 3 is 2.71 bits per heavy atom. The van der Waals surface area contributed by atoms with Gasteiger partial charge in [0.2, 0.25) is 0 Å². The number of carbonyl (C=O) groups is 1. The van der Waals surface area contributed by atoms with E-state index in [9.17, 15) is 14.3 Å². The average molecular weight is 310 g/mol. The van der Waals surface area contributed by atoms with Gasteiger partial charge in [-0.1, -0.05) is 35.9 Å². The van der Waals surface area contributed by atoms with E-state index >= 15 is 0 Å². The minimum Gasteiger partial charge on any atom is -0.482 e. The zero-order valence-electron chi connectivity index (χ0n) is 11.0. The summed E-state index contributed by atoms with van der Waals surface area (Å²) in [5.41, 5.74) is 0.550. The number of aliphatic hydroxyl groups excluding tert-OH is 1. The minimum absolute atomic E-state index is 0.0765. The number of aliphatic hydroxyl groups is 1. The van der Waals surface area contributed by atoms with E-state index in [4.69, 9.17) is 16.3 Å². The van der Waals surface area contributed by atoms with Crippen LogP contribution in [0.15, 0.2) is 42.5 Å². The molecule has 4 nitrogen and oxygen atoms in total. The second-order valence-corrected chi connectivity index (χ2v) is 4.61. The van der Waals surface area contributed by atoms with Crippen molar-refractivity contribution in [2.45, 2.75) is 6.61 Å². The third kappa shape index (κ3) is 3.93. The number of halogens is 2. The van der Waals surface area contributed by atoms with Crippen molar-refractivity contribution in [2.24, 2.45) is 0 Å². The number of ether oxygens (including phenoxy) is 1. The first kappa shape index (κ1) is 15.3. The minimum atomic E-state index is -0.528. The van der Waals surface area contributed by atoms with Crippen LogP contribution in [-0.2, 0) is 11.4 Å². The van der Waals surface area contributed by atoms with Crippen molar-refractivity contribution in [3.8, 4) is 5.75 Å². The number of benzene rings is 2. The highest BCUT2D eigenvalue weighted by atomic mass is 35.5. The van der Waals surface area contributed by atoms with E-state index in [1.807, 2.05) is 0 Å². The van der Waals surface area contributed by atoms with Crippen LogP contribution in [0.4, 0.5) is 10.1 Å². The fourth-order valence-electron chi connectivity index (χ4n) is 1.73. The van der Waals surface area contributed by atoms with Crippen LogP contribution in [0.1, 0.15) is 5.56 Å². The molecule has 2 aromatic rings. The number of nitrogens with one attached hydrogen (secondary N) is 1. The first-order chi connectivity index (χ1) is 10.1. The van der Waals surface area contributed by atoms with Crippen LogP contribution in [0.2, 0.25) is 5.02 Å². The molecule has 2 aromatic carbocycles. The van der Waals surface area contributed by atoms with E-state index in [0.29, 0.717) is 10.6 Å². The first-order valence-electron chi connectivity index (χ1n) is 6.17. The van der Waals surface area contributed by atoms with Crippen LogP contribution in [-0.4, -0.2) is 17.6 Å². The molecule has 110 valence electrons. The van der Waals surface area contributed by atoms with Gasteiger partial charge in [0.25, 0.3) is 5.91 Å². The Morgan fingerprint density at radius 2 is 2.00 bits per heavy atom. The number of hydrogen-bond acceptors (Lipinski definition) is 3. The molecule has 21 heavy (non-hydrogen) atoms. The molecule has 0 spiro atoms. The molecule has 0 heterocycles. The Bertz CT molecular complexity index is 649. The van der Waals surface area contributed by atoms with Gasteiger partial charge in [-0.15, -0.1) is 0 Å². The van der Waals surface area contributed by atoms with E-state index < -0.39 is 11.7 Å². The lowest BCUT2D eigenvalue weighted by atomic mass is 10.2. The van der Waals surface area contributed by atoms with Crippen molar-refractivity contribution < 1.29 is 19.0 Å². The molecule has 0 aliphatic heterocycles. The van der Waals surface area contributed by atoms with Crippen LogP contribution >= 0.6 is 11.6 Å². The van der Waals surface area contributed by atoms with Crippen LogP contribution < -0.4 is 10.1 Å². The molecule has 0 aliphatic rings. The molecule has 0 saturated carbocycles. The molecule has 0 radical (unpaired) electrons. The molecule has 2 rings (SSSR count). The predicted octanol–water partition coefficient (Wildman–Crippen LogP) is 2.99. The lowest BCUT2D eigenvalue weighted by Crippen LogP contribution is -2.21. The largest absolute Gasteiger partial charge is 0.482 e. The Balaban J connectivity index is 2.01. The summed E-state index contributed by atoms with van der Waals surface area (Å²) in [6, 6.07) is 10.7. The van der Waals surface area contributed by atoms with Crippen LogP contribution in [0.25, 0.3) is 0 Å². The van der Waals surface area contributed by atoms with Gasteiger partial charge in [0.05, 0.1) is 17.3 Å². The highest BCUT2D eigenvalue weighted by Crippen LogP contribution is 2.28. The highest BCUT2D eigenvalue weighted by molar-refractivity contribution is 6.32. The van der Waals surface area contributed by atoms with Gasteiger partial charge in [0.1, 0.15) is 11.6 Å². The highest BCUT2D eigenvalue weighted by Gasteiger charge is 2.11. The van der Waals surface area contributed by atoms with Crippen LogP contribution in [0.5, 0.6) is 5.75 Å². The average Bonchev–Trinajstić information content (AvgIpc) is 2.48. The lowest BCUT2D eigenvalue weighted by molar-refractivity contribution is -0.118. The summed E-state index contributed by atoms with van der Waals surface area (Å²) in [6.45, 7) is -0.601. The molecule has 0 aromatic heterocycles. The van der Waals surface area contributed by atoms with Gasteiger partial charge in [-0.25, -0.2) is 4.39 Å². The van der Waals surface area contributed by atoms with Crippen molar-refractivity contribution in [2.75, 3.05) is 11.9 Å². The maximum Gasteiger partial charge on any atom is 0.262 e. The molecule has 2 N–H and O–H groups in total. The molecule has 6 heteroatoms.